The number of carbonyl (C=O) groups is 1. The summed E-state index contributed by atoms with van der Waals surface area (Å²) in [4.78, 5) is 11.0. The molecule has 0 aliphatic rings. The Balaban J connectivity index is 2.29. The van der Waals surface area contributed by atoms with Crippen molar-refractivity contribution in [3.8, 4) is 5.75 Å². The summed E-state index contributed by atoms with van der Waals surface area (Å²) < 4.78 is 23.2. The Morgan fingerprint density at radius 2 is 2.24 bits per heavy atom. The highest BCUT2D eigenvalue weighted by atomic mass is 35.5. The number of carbonyl (C=O) groups excluding carboxylic acids is 1. The average Bonchev–Trinajstić information content (AvgIpc) is 2.27. The third kappa shape index (κ3) is 5.04. The molecule has 5 heteroatoms. The first-order valence-corrected chi connectivity index (χ1v) is 5.74. The minimum absolute atomic E-state index is 0.137. The lowest BCUT2D eigenvalue weighted by atomic mass is 10.3. The summed E-state index contributed by atoms with van der Waals surface area (Å²) in [6.07, 6.45) is 0.754. The number of rotatable bonds is 6. The van der Waals surface area contributed by atoms with Crippen molar-refractivity contribution in [3.63, 3.8) is 0 Å². The van der Waals surface area contributed by atoms with Crippen molar-refractivity contribution in [1.82, 2.24) is 0 Å². The van der Waals surface area contributed by atoms with Gasteiger partial charge in [-0.3, -0.25) is 4.79 Å². The predicted molar refractivity (Wildman–Crippen MR) is 62.8 cm³/mol. The third-order valence-corrected chi connectivity index (χ3v) is 2.22. The zero-order chi connectivity index (χ0) is 12.7. The van der Waals surface area contributed by atoms with Gasteiger partial charge < -0.3 is 9.47 Å². The smallest absolute Gasteiger partial charge is 0.305 e. The van der Waals surface area contributed by atoms with Crippen LogP contribution in [0.3, 0.4) is 0 Å². The lowest BCUT2D eigenvalue weighted by molar-refractivity contribution is -0.143. The van der Waals surface area contributed by atoms with Crippen LogP contribution < -0.4 is 4.74 Å². The van der Waals surface area contributed by atoms with Crippen LogP contribution in [0.1, 0.15) is 19.8 Å². The minimum atomic E-state index is -0.506. The number of halogens is 2. The summed E-state index contributed by atoms with van der Waals surface area (Å²) in [6.45, 7) is 2.38. The topological polar surface area (TPSA) is 35.5 Å². The molecule has 17 heavy (non-hydrogen) atoms. The maximum atomic E-state index is 13.3. The van der Waals surface area contributed by atoms with E-state index in [1.165, 1.54) is 12.1 Å². The Labute approximate surface area is 104 Å². The highest BCUT2D eigenvalue weighted by molar-refractivity contribution is 6.30. The molecule has 0 saturated heterocycles. The molecule has 0 N–H and O–H groups in total. The van der Waals surface area contributed by atoms with Crippen molar-refractivity contribution < 1.29 is 18.7 Å². The Kier molecular flexibility index (Phi) is 5.77. The molecule has 94 valence electrons. The minimum Gasteiger partial charge on any atom is -0.491 e. The summed E-state index contributed by atoms with van der Waals surface area (Å²) >= 11 is 5.60. The third-order valence-electron chi connectivity index (χ3n) is 1.98. The van der Waals surface area contributed by atoms with Gasteiger partial charge >= 0.3 is 5.97 Å². The van der Waals surface area contributed by atoms with Crippen molar-refractivity contribution in [2.75, 3.05) is 13.2 Å². The Morgan fingerprint density at radius 3 is 2.88 bits per heavy atom. The van der Waals surface area contributed by atoms with Crippen LogP contribution in [0.4, 0.5) is 4.39 Å². The van der Waals surface area contributed by atoms with Crippen molar-refractivity contribution in [1.29, 1.82) is 0 Å². The van der Waals surface area contributed by atoms with Crippen LogP contribution in [-0.2, 0) is 9.53 Å². The van der Waals surface area contributed by atoms with Crippen molar-refractivity contribution in [2.45, 2.75) is 19.8 Å². The van der Waals surface area contributed by atoms with E-state index in [0.29, 0.717) is 18.1 Å². The van der Waals surface area contributed by atoms with E-state index >= 15 is 0 Å². The standard InChI is InChI=1S/C12H14ClFO3/c1-2-16-12(15)4-3-7-17-11-6-5-9(13)8-10(11)14/h5-6,8H,2-4,7H2,1H3. The first kappa shape index (κ1) is 13.8. The van der Waals surface area contributed by atoms with E-state index in [4.69, 9.17) is 21.1 Å². The zero-order valence-electron chi connectivity index (χ0n) is 9.54. The summed E-state index contributed by atoms with van der Waals surface area (Å²) in [5.41, 5.74) is 0. The number of ether oxygens (including phenoxy) is 2. The molecule has 0 bridgehead atoms. The van der Waals surface area contributed by atoms with Crippen LogP contribution >= 0.6 is 11.6 Å². The normalized spacial score (nSPS) is 10.1. The highest BCUT2D eigenvalue weighted by Crippen LogP contribution is 2.21. The van der Waals surface area contributed by atoms with Crippen molar-refractivity contribution in [2.24, 2.45) is 0 Å². The maximum absolute atomic E-state index is 13.3. The van der Waals surface area contributed by atoms with Crippen molar-refractivity contribution in [3.05, 3.63) is 29.0 Å². The molecular formula is C12H14ClFO3. The molecule has 0 spiro atoms. The van der Waals surface area contributed by atoms with Gasteiger partial charge in [0.15, 0.2) is 11.6 Å². The number of benzene rings is 1. The van der Waals surface area contributed by atoms with Crippen LogP contribution in [0.5, 0.6) is 5.75 Å². The Hall–Kier alpha value is -1.29. The molecule has 0 aliphatic heterocycles. The van der Waals surface area contributed by atoms with E-state index in [2.05, 4.69) is 0 Å². The van der Waals surface area contributed by atoms with Crippen molar-refractivity contribution >= 4 is 17.6 Å². The largest absolute Gasteiger partial charge is 0.491 e. The number of hydrogen-bond acceptors (Lipinski definition) is 3. The Bertz CT molecular complexity index is 382. The van der Waals surface area contributed by atoms with Gasteiger partial charge in [-0.15, -0.1) is 0 Å². The highest BCUT2D eigenvalue weighted by Gasteiger charge is 2.05. The van der Waals surface area contributed by atoms with E-state index in [1.54, 1.807) is 13.0 Å². The molecule has 0 radical (unpaired) electrons. The molecule has 0 saturated carbocycles. The van der Waals surface area contributed by atoms with Crippen LogP contribution in [0.2, 0.25) is 5.02 Å². The van der Waals surface area contributed by atoms with Crippen LogP contribution in [0.15, 0.2) is 18.2 Å². The van der Waals surface area contributed by atoms with Gasteiger partial charge in [-0.2, -0.15) is 0 Å². The molecule has 0 aromatic heterocycles. The lowest BCUT2D eigenvalue weighted by Crippen LogP contribution is -2.07. The van der Waals surface area contributed by atoms with Gasteiger partial charge in [-0.05, 0) is 31.5 Å². The fourth-order valence-corrected chi connectivity index (χ4v) is 1.38. The van der Waals surface area contributed by atoms with E-state index in [1.807, 2.05) is 0 Å². The van der Waals surface area contributed by atoms with Crippen LogP contribution in [0, 0.1) is 5.82 Å². The fraction of sp³-hybridized carbons (Fsp3) is 0.417. The molecule has 1 rings (SSSR count). The molecular weight excluding hydrogens is 247 g/mol. The second kappa shape index (κ2) is 7.12. The molecule has 1 aromatic rings. The molecule has 0 fully saturated rings. The molecule has 0 heterocycles. The van der Waals surface area contributed by atoms with Gasteiger partial charge in [0, 0.05) is 11.4 Å². The number of hydrogen-bond donors (Lipinski definition) is 0. The second-order valence-electron chi connectivity index (χ2n) is 3.33. The van der Waals surface area contributed by atoms with Crippen LogP contribution in [-0.4, -0.2) is 19.2 Å². The van der Waals surface area contributed by atoms with Gasteiger partial charge in [0.25, 0.3) is 0 Å². The SMILES string of the molecule is CCOC(=O)CCCOc1ccc(Cl)cc1F. The maximum Gasteiger partial charge on any atom is 0.305 e. The summed E-state index contributed by atoms with van der Waals surface area (Å²) in [7, 11) is 0. The Morgan fingerprint density at radius 1 is 1.47 bits per heavy atom. The van der Waals surface area contributed by atoms with E-state index in [0.717, 1.165) is 0 Å². The van der Waals surface area contributed by atoms with Gasteiger partial charge in [0.1, 0.15) is 0 Å². The molecule has 3 nitrogen and oxygen atoms in total. The zero-order valence-corrected chi connectivity index (χ0v) is 10.3. The van der Waals surface area contributed by atoms with Gasteiger partial charge in [0.05, 0.1) is 13.2 Å². The summed E-state index contributed by atoms with van der Waals surface area (Å²) in [5.74, 6) is -0.639. The van der Waals surface area contributed by atoms with E-state index in [9.17, 15) is 9.18 Å². The number of esters is 1. The first-order chi connectivity index (χ1) is 8.13. The molecule has 1 aromatic carbocycles. The van der Waals surface area contributed by atoms with Gasteiger partial charge in [-0.1, -0.05) is 11.6 Å². The summed E-state index contributed by atoms with van der Waals surface area (Å²) in [5, 5.41) is 0.321. The van der Waals surface area contributed by atoms with Crippen LogP contribution in [0.25, 0.3) is 0 Å². The fourth-order valence-electron chi connectivity index (χ4n) is 1.22. The molecule has 0 unspecified atom stereocenters. The average molecular weight is 261 g/mol. The molecule has 0 amide bonds. The van der Waals surface area contributed by atoms with E-state index in [-0.39, 0.29) is 24.7 Å². The predicted octanol–water partition coefficient (Wildman–Crippen LogP) is 3.20. The molecule has 0 aliphatic carbocycles. The van der Waals surface area contributed by atoms with E-state index < -0.39 is 5.82 Å². The first-order valence-electron chi connectivity index (χ1n) is 5.37. The monoisotopic (exact) mass is 260 g/mol. The quantitative estimate of drug-likeness (QED) is 0.582. The summed E-state index contributed by atoms with van der Waals surface area (Å²) in [6, 6.07) is 4.19. The van der Waals surface area contributed by atoms with Gasteiger partial charge in [-0.25, -0.2) is 4.39 Å². The van der Waals surface area contributed by atoms with Gasteiger partial charge in [0.2, 0.25) is 0 Å². The second-order valence-corrected chi connectivity index (χ2v) is 3.77. The molecule has 0 atom stereocenters. The lowest BCUT2D eigenvalue weighted by Gasteiger charge is -2.07.